The Morgan fingerprint density at radius 2 is 1.63 bits per heavy atom. The third kappa shape index (κ3) is 2.02. The first-order valence-corrected chi connectivity index (χ1v) is 7.31. The Hall–Kier alpha value is -1.15. The van der Waals surface area contributed by atoms with Crippen LogP contribution in [0, 0.1) is 18.8 Å². The van der Waals surface area contributed by atoms with Crippen molar-refractivity contribution in [2.75, 3.05) is 0 Å². The lowest BCUT2D eigenvalue weighted by molar-refractivity contribution is -0.125. The fourth-order valence-electron chi connectivity index (χ4n) is 3.57. The summed E-state index contributed by atoms with van der Waals surface area (Å²) >= 11 is 6.20. The van der Waals surface area contributed by atoms with Gasteiger partial charge in [0, 0.05) is 16.9 Å². The molecule has 2 fully saturated rings. The number of hydrogen-bond donors (Lipinski definition) is 0. The summed E-state index contributed by atoms with van der Waals surface area (Å²) in [4.78, 5) is 25.1. The van der Waals surface area contributed by atoms with Gasteiger partial charge in [0.2, 0.25) is 0 Å². The average Bonchev–Trinajstić information content (AvgIpc) is 2.66. The molecule has 0 spiro atoms. The Morgan fingerprint density at radius 1 is 1.05 bits per heavy atom. The van der Waals surface area contributed by atoms with Crippen LogP contribution >= 0.6 is 11.6 Å². The van der Waals surface area contributed by atoms with Gasteiger partial charge in [0.25, 0.3) is 0 Å². The summed E-state index contributed by atoms with van der Waals surface area (Å²) in [6.45, 7) is 1.96. The molecule has 19 heavy (non-hydrogen) atoms. The van der Waals surface area contributed by atoms with Crippen LogP contribution in [-0.4, -0.2) is 11.6 Å². The van der Waals surface area contributed by atoms with E-state index in [0.717, 1.165) is 31.2 Å². The molecular formula is C16H17ClO2. The van der Waals surface area contributed by atoms with Crippen molar-refractivity contribution in [2.45, 2.75) is 38.5 Å². The van der Waals surface area contributed by atoms with Crippen molar-refractivity contribution in [3.05, 3.63) is 34.3 Å². The fraction of sp³-hybridized carbons (Fsp3) is 0.500. The van der Waals surface area contributed by atoms with Gasteiger partial charge in [-0.2, -0.15) is 0 Å². The van der Waals surface area contributed by atoms with E-state index in [-0.39, 0.29) is 23.4 Å². The topological polar surface area (TPSA) is 34.1 Å². The number of ketones is 2. The minimum absolute atomic E-state index is 0.0529. The van der Waals surface area contributed by atoms with Crippen LogP contribution < -0.4 is 0 Å². The maximum atomic E-state index is 12.5. The minimum Gasteiger partial charge on any atom is -0.298 e. The molecule has 0 bridgehead atoms. The van der Waals surface area contributed by atoms with E-state index >= 15 is 0 Å². The van der Waals surface area contributed by atoms with Crippen LogP contribution in [0.15, 0.2) is 18.2 Å². The van der Waals surface area contributed by atoms with E-state index in [1.54, 1.807) is 6.07 Å². The second-order valence-corrected chi connectivity index (χ2v) is 6.17. The molecule has 0 N–H and O–H groups in total. The number of fused-ring (bicyclic) bond motifs is 1. The third-order valence-corrected chi connectivity index (χ3v) is 4.87. The molecule has 3 rings (SSSR count). The first kappa shape index (κ1) is 12.9. The van der Waals surface area contributed by atoms with Crippen LogP contribution in [0.3, 0.4) is 0 Å². The van der Waals surface area contributed by atoms with Crippen LogP contribution in [0.4, 0.5) is 0 Å². The maximum absolute atomic E-state index is 12.5. The van der Waals surface area contributed by atoms with E-state index in [1.807, 2.05) is 19.1 Å². The molecule has 1 aromatic rings. The smallest absolute Gasteiger partial charge is 0.151 e. The summed E-state index contributed by atoms with van der Waals surface area (Å²) in [6.07, 6.45) is 3.87. The Balaban J connectivity index is 2.03. The normalized spacial score (nSPS) is 30.5. The maximum Gasteiger partial charge on any atom is 0.151 e. The van der Waals surface area contributed by atoms with Crippen molar-refractivity contribution < 1.29 is 9.59 Å². The van der Waals surface area contributed by atoms with Crippen LogP contribution in [0.2, 0.25) is 5.02 Å². The summed E-state index contributed by atoms with van der Waals surface area (Å²) in [7, 11) is 0. The molecule has 0 heterocycles. The van der Waals surface area contributed by atoms with E-state index in [9.17, 15) is 9.59 Å². The zero-order valence-corrected chi connectivity index (χ0v) is 11.7. The summed E-state index contributed by atoms with van der Waals surface area (Å²) in [6, 6.07) is 5.58. The van der Waals surface area contributed by atoms with Gasteiger partial charge >= 0.3 is 0 Å². The second-order valence-electron chi connectivity index (χ2n) is 5.76. The number of benzene rings is 1. The number of carbonyl (C=O) groups excluding carboxylic acids is 2. The molecular weight excluding hydrogens is 260 g/mol. The lowest BCUT2D eigenvalue weighted by atomic mass is 9.81. The van der Waals surface area contributed by atoms with Gasteiger partial charge in [0.15, 0.2) is 11.6 Å². The van der Waals surface area contributed by atoms with E-state index in [4.69, 9.17) is 11.6 Å². The van der Waals surface area contributed by atoms with Gasteiger partial charge in [-0.25, -0.2) is 0 Å². The Labute approximate surface area is 118 Å². The van der Waals surface area contributed by atoms with E-state index in [1.165, 1.54) is 0 Å². The predicted molar refractivity (Wildman–Crippen MR) is 74.4 cm³/mol. The highest BCUT2D eigenvalue weighted by Crippen LogP contribution is 2.45. The molecule has 2 saturated carbocycles. The summed E-state index contributed by atoms with van der Waals surface area (Å²) in [5.74, 6) is -0.518. The van der Waals surface area contributed by atoms with Gasteiger partial charge in [-0.05, 0) is 31.4 Å². The molecule has 2 aliphatic rings. The lowest BCUT2D eigenvalue weighted by Gasteiger charge is -2.21. The van der Waals surface area contributed by atoms with E-state index in [0.29, 0.717) is 10.6 Å². The van der Waals surface area contributed by atoms with Gasteiger partial charge < -0.3 is 0 Å². The molecule has 0 aromatic heterocycles. The number of halogens is 1. The highest BCUT2D eigenvalue weighted by atomic mass is 35.5. The first-order valence-electron chi connectivity index (χ1n) is 6.93. The zero-order chi connectivity index (χ0) is 13.6. The van der Waals surface area contributed by atoms with Gasteiger partial charge in [0.05, 0.1) is 0 Å². The molecule has 1 aromatic carbocycles. The third-order valence-electron chi connectivity index (χ3n) is 4.53. The van der Waals surface area contributed by atoms with Crippen LogP contribution in [-0.2, 0) is 9.59 Å². The number of aryl methyl sites for hydroxylation is 1. The van der Waals surface area contributed by atoms with Crippen molar-refractivity contribution in [1.29, 1.82) is 0 Å². The number of hydrogen-bond acceptors (Lipinski definition) is 2. The fourth-order valence-corrected chi connectivity index (χ4v) is 3.80. The number of carbonyl (C=O) groups is 2. The van der Waals surface area contributed by atoms with Crippen molar-refractivity contribution in [2.24, 2.45) is 11.8 Å². The second kappa shape index (κ2) is 4.75. The zero-order valence-electron chi connectivity index (χ0n) is 11.0. The summed E-state index contributed by atoms with van der Waals surface area (Å²) in [5.41, 5.74) is 1.75. The largest absolute Gasteiger partial charge is 0.298 e. The molecule has 2 atom stereocenters. The molecule has 3 heteroatoms. The highest BCUT2D eigenvalue weighted by Gasteiger charge is 2.50. The van der Waals surface area contributed by atoms with Gasteiger partial charge in [-0.1, -0.05) is 42.1 Å². The van der Waals surface area contributed by atoms with Crippen LogP contribution in [0.25, 0.3) is 0 Å². The molecule has 2 aliphatic carbocycles. The van der Waals surface area contributed by atoms with Crippen LogP contribution in [0.5, 0.6) is 0 Å². The molecule has 100 valence electrons. The van der Waals surface area contributed by atoms with E-state index < -0.39 is 5.92 Å². The SMILES string of the molecule is Cc1ccc(Cl)c(C2C(=O)C3CCCCC3C2=O)c1. The molecule has 2 nitrogen and oxygen atoms in total. The van der Waals surface area contributed by atoms with Crippen LogP contribution in [0.1, 0.15) is 42.7 Å². The molecule has 0 aliphatic heterocycles. The Morgan fingerprint density at radius 3 is 2.21 bits per heavy atom. The van der Waals surface area contributed by atoms with Crippen molar-refractivity contribution >= 4 is 23.2 Å². The van der Waals surface area contributed by atoms with Gasteiger partial charge in [-0.15, -0.1) is 0 Å². The monoisotopic (exact) mass is 276 g/mol. The highest BCUT2D eigenvalue weighted by molar-refractivity contribution is 6.32. The first-order chi connectivity index (χ1) is 9.09. The number of Topliss-reactive ketones (excluding diaryl/α,β-unsaturated/α-hetero) is 2. The lowest BCUT2D eigenvalue weighted by Crippen LogP contribution is -2.21. The Kier molecular flexibility index (Phi) is 3.22. The standard InChI is InChI=1S/C16H17ClO2/c1-9-6-7-13(17)12(8-9)14-15(18)10-4-2-3-5-11(10)16(14)19/h6-8,10-11,14H,2-5H2,1H3. The average molecular weight is 277 g/mol. The summed E-state index contributed by atoms with van der Waals surface area (Å²) in [5, 5.41) is 0.538. The molecule has 0 amide bonds. The quantitative estimate of drug-likeness (QED) is 0.733. The van der Waals surface area contributed by atoms with E-state index in [2.05, 4.69) is 0 Å². The van der Waals surface area contributed by atoms with Gasteiger partial charge in [0.1, 0.15) is 5.92 Å². The minimum atomic E-state index is -0.611. The van der Waals surface area contributed by atoms with Crippen molar-refractivity contribution in [1.82, 2.24) is 0 Å². The molecule has 0 radical (unpaired) electrons. The predicted octanol–water partition coefficient (Wildman–Crippen LogP) is 3.69. The molecule has 2 unspecified atom stereocenters. The number of rotatable bonds is 1. The molecule has 0 saturated heterocycles. The van der Waals surface area contributed by atoms with Gasteiger partial charge in [-0.3, -0.25) is 9.59 Å². The van der Waals surface area contributed by atoms with Crippen molar-refractivity contribution in [3.63, 3.8) is 0 Å². The summed E-state index contributed by atoms with van der Waals surface area (Å²) < 4.78 is 0. The van der Waals surface area contributed by atoms with Crippen molar-refractivity contribution in [3.8, 4) is 0 Å². The Bertz CT molecular complexity index is 526.